The Labute approximate surface area is 122 Å². The van der Waals surface area contributed by atoms with Crippen molar-refractivity contribution in [2.24, 2.45) is 0 Å². The average molecular weight is 275 g/mol. The fourth-order valence-corrected chi connectivity index (χ4v) is 2.97. The third-order valence-electron chi connectivity index (χ3n) is 3.87. The van der Waals surface area contributed by atoms with Crippen molar-refractivity contribution in [2.75, 3.05) is 6.61 Å². The standard InChI is InChI=1S/C17H13N3O/c18-9-6-14-16(12-4-2-1-3-5-12)19-20-10-7-15-13(17(14)20)8-11-21-15/h1-5,7,10H,6,8,11H2. The molecule has 0 amide bonds. The van der Waals surface area contributed by atoms with Gasteiger partial charge >= 0.3 is 0 Å². The molecule has 0 radical (unpaired) electrons. The number of rotatable bonds is 2. The summed E-state index contributed by atoms with van der Waals surface area (Å²) in [5.74, 6) is 0.918. The number of hydrogen-bond donors (Lipinski definition) is 0. The molecule has 0 spiro atoms. The van der Waals surface area contributed by atoms with Gasteiger partial charge in [0.25, 0.3) is 0 Å². The van der Waals surface area contributed by atoms with Crippen LogP contribution in [0.5, 0.6) is 5.75 Å². The van der Waals surface area contributed by atoms with Crippen LogP contribution in [-0.2, 0) is 12.8 Å². The summed E-state index contributed by atoms with van der Waals surface area (Å²) in [7, 11) is 0. The number of fused-ring (bicyclic) bond motifs is 3. The smallest absolute Gasteiger partial charge is 0.126 e. The van der Waals surface area contributed by atoms with Crippen LogP contribution < -0.4 is 4.74 Å². The second kappa shape index (κ2) is 4.64. The average Bonchev–Trinajstić information content (AvgIpc) is 3.12. The highest BCUT2D eigenvalue weighted by atomic mass is 16.5. The van der Waals surface area contributed by atoms with Gasteiger partial charge in [0.15, 0.2) is 0 Å². The maximum absolute atomic E-state index is 9.20. The van der Waals surface area contributed by atoms with E-state index in [0.29, 0.717) is 13.0 Å². The third kappa shape index (κ3) is 1.78. The molecule has 3 heterocycles. The lowest BCUT2D eigenvalue weighted by Crippen LogP contribution is -1.91. The van der Waals surface area contributed by atoms with E-state index in [-0.39, 0.29) is 0 Å². The summed E-state index contributed by atoms with van der Waals surface area (Å²) < 4.78 is 7.51. The van der Waals surface area contributed by atoms with Crippen molar-refractivity contribution >= 4 is 5.52 Å². The van der Waals surface area contributed by atoms with Crippen molar-refractivity contribution in [2.45, 2.75) is 12.8 Å². The zero-order valence-electron chi connectivity index (χ0n) is 11.4. The first kappa shape index (κ1) is 12.0. The summed E-state index contributed by atoms with van der Waals surface area (Å²) >= 11 is 0. The predicted molar refractivity (Wildman–Crippen MR) is 79.1 cm³/mol. The van der Waals surface area contributed by atoms with Crippen LogP contribution in [0, 0.1) is 11.3 Å². The Morgan fingerprint density at radius 3 is 2.90 bits per heavy atom. The first-order valence-corrected chi connectivity index (χ1v) is 6.97. The summed E-state index contributed by atoms with van der Waals surface area (Å²) in [6, 6.07) is 14.2. The van der Waals surface area contributed by atoms with Gasteiger partial charge in [-0.3, -0.25) is 0 Å². The summed E-state index contributed by atoms with van der Waals surface area (Å²) in [5.41, 5.74) is 5.12. The minimum Gasteiger partial charge on any atom is -0.493 e. The Kier molecular flexibility index (Phi) is 2.65. The van der Waals surface area contributed by atoms with Crippen molar-refractivity contribution in [3.05, 3.63) is 53.7 Å². The zero-order chi connectivity index (χ0) is 14.2. The van der Waals surface area contributed by atoms with Gasteiger partial charge in [0.1, 0.15) is 5.75 Å². The monoisotopic (exact) mass is 275 g/mol. The van der Waals surface area contributed by atoms with Gasteiger partial charge in [-0.25, -0.2) is 4.52 Å². The van der Waals surface area contributed by atoms with E-state index in [2.05, 4.69) is 11.2 Å². The molecule has 102 valence electrons. The van der Waals surface area contributed by atoms with Crippen LogP contribution in [0.1, 0.15) is 11.1 Å². The lowest BCUT2D eigenvalue weighted by Gasteiger charge is -2.02. The molecule has 0 aliphatic carbocycles. The highest BCUT2D eigenvalue weighted by Gasteiger charge is 2.22. The van der Waals surface area contributed by atoms with Gasteiger partial charge in [0, 0.05) is 29.3 Å². The first-order valence-electron chi connectivity index (χ1n) is 6.97. The van der Waals surface area contributed by atoms with E-state index in [9.17, 15) is 5.26 Å². The number of ether oxygens (including phenoxy) is 1. The van der Waals surface area contributed by atoms with E-state index < -0.39 is 0 Å². The molecular formula is C17H13N3O. The van der Waals surface area contributed by atoms with Crippen LogP contribution >= 0.6 is 0 Å². The van der Waals surface area contributed by atoms with Crippen LogP contribution in [0.4, 0.5) is 0 Å². The molecule has 4 heteroatoms. The number of nitriles is 1. The van der Waals surface area contributed by atoms with Gasteiger partial charge in [-0.1, -0.05) is 30.3 Å². The van der Waals surface area contributed by atoms with E-state index >= 15 is 0 Å². The Bertz CT molecular complexity index is 859. The molecule has 0 unspecified atom stereocenters. The molecule has 21 heavy (non-hydrogen) atoms. The Morgan fingerprint density at radius 2 is 2.10 bits per heavy atom. The molecule has 2 aromatic heterocycles. The van der Waals surface area contributed by atoms with Crippen molar-refractivity contribution in [3.63, 3.8) is 0 Å². The maximum atomic E-state index is 9.20. The highest BCUT2D eigenvalue weighted by molar-refractivity contribution is 5.77. The minimum atomic E-state index is 0.351. The second-order valence-corrected chi connectivity index (χ2v) is 5.08. The molecule has 4 rings (SSSR count). The zero-order valence-corrected chi connectivity index (χ0v) is 11.4. The number of hydrogen-bond acceptors (Lipinski definition) is 3. The molecule has 1 aromatic carbocycles. The van der Waals surface area contributed by atoms with Gasteiger partial charge in [-0.15, -0.1) is 0 Å². The summed E-state index contributed by atoms with van der Waals surface area (Å²) in [6.07, 6.45) is 3.13. The first-order chi connectivity index (χ1) is 10.4. The lowest BCUT2D eigenvalue weighted by molar-refractivity contribution is 0.356. The Hall–Kier alpha value is -2.80. The van der Waals surface area contributed by atoms with Gasteiger partial charge < -0.3 is 4.74 Å². The van der Waals surface area contributed by atoms with Gasteiger partial charge in [0.2, 0.25) is 0 Å². The number of aromatic nitrogens is 2. The molecule has 1 aliphatic heterocycles. The quantitative estimate of drug-likeness (QED) is 0.722. The van der Waals surface area contributed by atoms with Gasteiger partial charge in [-0.2, -0.15) is 10.4 Å². The van der Waals surface area contributed by atoms with E-state index in [0.717, 1.165) is 40.1 Å². The van der Waals surface area contributed by atoms with Crippen LogP contribution in [-0.4, -0.2) is 16.2 Å². The van der Waals surface area contributed by atoms with Crippen LogP contribution in [0.2, 0.25) is 0 Å². The van der Waals surface area contributed by atoms with Crippen molar-refractivity contribution in [1.29, 1.82) is 5.26 Å². The molecular weight excluding hydrogens is 262 g/mol. The van der Waals surface area contributed by atoms with E-state index in [1.807, 2.05) is 47.1 Å². The molecule has 0 saturated heterocycles. The minimum absolute atomic E-state index is 0.351. The van der Waals surface area contributed by atoms with Crippen LogP contribution in [0.3, 0.4) is 0 Å². The fourth-order valence-electron chi connectivity index (χ4n) is 2.97. The molecule has 0 fully saturated rings. The second-order valence-electron chi connectivity index (χ2n) is 5.08. The fraction of sp³-hybridized carbons (Fsp3) is 0.176. The molecule has 3 aromatic rings. The number of pyridine rings is 1. The maximum Gasteiger partial charge on any atom is 0.126 e. The predicted octanol–water partition coefficient (Wildman–Crippen LogP) is 3.00. The summed E-state index contributed by atoms with van der Waals surface area (Å²) in [5, 5.41) is 13.9. The van der Waals surface area contributed by atoms with Crippen molar-refractivity contribution in [1.82, 2.24) is 9.61 Å². The van der Waals surface area contributed by atoms with Crippen LogP contribution in [0.15, 0.2) is 42.6 Å². The lowest BCUT2D eigenvalue weighted by atomic mass is 10.0. The molecule has 4 nitrogen and oxygen atoms in total. The van der Waals surface area contributed by atoms with Crippen molar-refractivity contribution in [3.8, 4) is 23.1 Å². The SMILES string of the molecule is N#CCc1c(-c2ccccc2)nn2ccc3c(c12)CCO3. The molecule has 0 saturated carbocycles. The number of benzene rings is 1. The largest absolute Gasteiger partial charge is 0.493 e. The molecule has 0 bridgehead atoms. The van der Waals surface area contributed by atoms with E-state index in [1.165, 1.54) is 0 Å². The molecule has 0 atom stereocenters. The highest BCUT2D eigenvalue weighted by Crippen LogP contribution is 2.35. The summed E-state index contributed by atoms with van der Waals surface area (Å²) in [4.78, 5) is 0. The van der Waals surface area contributed by atoms with Gasteiger partial charge in [0.05, 0.1) is 30.3 Å². The van der Waals surface area contributed by atoms with E-state index in [4.69, 9.17) is 4.74 Å². The normalized spacial score (nSPS) is 12.9. The Morgan fingerprint density at radius 1 is 1.24 bits per heavy atom. The summed E-state index contributed by atoms with van der Waals surface area (Å²) in [6.45, 7) is 0.701. The third-order valence-corrected chi connectivity index (χ3v) is 3.87. The molecule has 0 N–H and O–H groups in total. The topological polar surface area (TPSA) is 50.3 Å². The van der Waals surface area contributed by atoms with Gasteiger partial charge in [-0.05, 0) is 6.07 Å². The van der Waals surface area contributed by atoms with Crippen LogP contribution in [0.25, 0.3) is 16.8 Å². The van der Waals surface area contributed by atoms with E-state index in [1.54, 1.807) is 0 Å². The van der Waals surface area contributed by atoms with Crippen molar-refractivity contribution < 1.29 is 4.74 Å². The Balaban J connectivity index is 2.05. The molecule has 1 aliphatic rings. The number of nitrogens with zero attached hydrogens (tertiary/aromatic N) is 3.